The lowest BCUT2D eigenvalue weighted by atomic mass is 9.98. The molecule has 0 aliphatic carbocycles. The van der Waals surface area contributed by atoms with Gasteiger partial charge in [-0.1, -0.05) is 17.7 Å². The second-order valence-corrected chi connectivity index (χ2v) is 6.08. The Morgan fingerprint density at radius 1 is 1.45 bits per heavy atom. The largest absolute Gasteiger partial charge is 0.324 e. The van der Waals surface area contributed by atoms with Crippen LogP contribution in [0.15, 0.2) is 16.6 Å². The van der Waals surface area contributed by atoms with E-state index in [2.05, 4.69) is 21.0 Å². The number of aryl methyl sites for hydroxylation is 2. The van der Waals surface area contributed by atoms with E-state index in [4.69, 9.17) is 17.3 Å². The van der Waals surface area contributed by atoms with Gasteiger partial charge in [-0.25, -0.2) is 4.39 Å². The number of rotatable bonds is 3. The first-order chi connectivity index (χ1) is 9.32. The summed E-state index contributed by atoms with van der Waals surface area (Å²) in [5.41, 5.74) is 9.58. The number of nitrogens with two attached hydrogens (primary N) is 1. The summed E-state index contributed by atoms with van der Waals surface area (Å²) in [6.07, 6.45) is 0.528. The zero-order valence-corrected chi connectivity index (χ0v) is 13.9. The summed E-state index contributed by atoms with van der Waals surface area (Å²) in [6.45, 7) is 3.91. The van der Waals surface area contributed by atoms with Crippen LogP contribution in [0.1, 0.15) is 28.6 Å². The highest BCUT2D eigenvalue weighted by Crippen LogP contribution is 2.31. The van der Waals surface area contributed by atoms with Crippen LogP contribution < -0.4 is 5.73 Å². The lowest BCUT2D eigenvalue weighted by Crippen LogP contribution is -2.16. The molecule has 2 rings (SSSR count). The molecule has 0 saturated heterocycles. The van der Waals surface area contributed by atoms with Crippen LogP contribution in [0.4, 0.5) is 4.39 Å². The maximum absolute atomic E-state index is 14.2. The molecule has 0 saturated carbocycles. The Kier molecular flexibility index (Phi) is 4.52. The van der Waals surface area contributed by atoms with Crippen LogP contribution in [0.25, 0.3) is 0 Å². The minimum Gasteiger partial charge on any atom is -0.324 e. The second kappa shape index (κ2) is 5.84. The fourth-order valence-corrected chi connectivity index (χ4v) is 2.75. The first kappa shape index (κ1) is 15.5. The molecule has 1 unspecified atom stereocenters. The Morgan fingerprint density at radius 2 is 2.10 bits per heavy atom. The summed E-state index contributed by atoms with van der Waals surface area (Å²) in [4.78, 5) is 0. The number of hydrogen-bond donors (Lipinski definition) is 1. The molecular weight excluding hydrogens is 345 g/mol. The Morgan fingerprint density at radius 3 is 2.65 bits per heavy atom. The van der Waals surface area contributed by atoms with Gasteiger partial charge in [0.1, 0.15) is 5.82 Å². The molecule has 0 spiro atoms. The molecule has 1 aromatic carbocycles. The van der Waals surface area contributed by atoms with E-state index < -0.39 is 11.9 Å². The van der Waals surface area contributed by atoms with Crippen molar-refractivity contribution in [3.8, 4) is 0 Å². The molecule has 0 fully saturated rings. The average Bonchev–Trinajstić information content (AvgIpc) is 2.62. The molecule has 0 amide bonds. The molecular formula is C14H16BrClFN3. The summed E-state index contributed by atoms with van der Waals surface area (Å²) in [5.74, 6) is -0.465. The minimum atomic E-state index is -0.465. The fourth-order valence-electron chi connectivity index (χ4n) is 2.27. The highest BCUT2D eigenvalue weighted by Gasteiger charge is 2.19. The lowest BCUT2D eigenvalue weighted by molar-refractivity contribution is 0.579. The van der Waals surface area contributed by atoms with E-state index in [9.17, 15) is 4.39 Å². The van der Waals surface area contributed by atoms with Gasteiger partial charge in [0.15, 0.2) is 0 Å². The molecule has 3 nitrogen and oxygen atoms in total. The van der Waals surface area contributed by atoms with Gasteiger partial charge in [0.2, 0.25) is 0 Å². The SMILES string of the molecule is Cc1nn(C)c(C)c1CC(N)c1ccc(Br)c(Cl)c1F. The first-order valence-electron chi connectivity index (χ1n) is 6.21. The van der Waals surface area contributed by atoms with Crippen LogP contribution in [0.5, 0.6) is 0 Å². The molecule has 0 radical (unpaired) electrons. The van der Waals surface area contributed by atoms with Gasteiger partial charge in [0.25, 0.3) is 0 Å². The summed E-state index contributed by atoms with van der Waals surface area (Å²) in [7, 11) is 1.88. The normalized spacial score (nSPS) is 12.8. The molecule has 2 aromatic rings. The fraction of sp³-hybridized carbons (Fsp3) is 0.357. The van der Waals surface area contributed by atoms with Crippen LogP contribution in [-0.4, -0.2) is 9.78 Å². The summed E-state index contributed by atoms with van der Waals surface area (Å²) in [6, 6.07) is 2.92. The molecule has 2 N–H and O–H groups in total. The van der Waals surface area contributed by atoms with E-state index in [0.717, 1.165) is 17.0 Å². The van der Waals surface area contributed by atoms with Crippen LogP contribution in [0, 0.1) is 19.7 Å². The molecule has 6 heteroatoms. The zero-order chi connectivity index (χ0) is 15.0. The quantitative estimate of drug-likeness (QED) is 0.845. The first-order valence-corrected chi connectivity index (χ1v) is 7.38. The van der Waals surface area contributed by atoms with Gasteiger partial charge in [-0.2, -0.15) is 5.10 Å². The monoisotopic (exact) mass is 359 g/mol. The molecule has 0 bridgehead atoms. The van der Waals surface area contributed by atoms with E-state index in [0.29, 0.717) is 16.5 Å². The molecule has 1 atom stereocenters. The molecule has 108 valence electrons. The number of hydrogen-bond acceptors (Lipinski definition) is 2. The van der Waals surface area contributed by atoms with Crippen LogP contribution in [-0.2, 0) is 13.5 Å². The third-order valence-electron chi connectivity index (χ3n) is 3.55. The molecule has 1 aromatic heterocycles. The van der Waals surface area contributed by atoms with Crippen molar-refractivity contribution in [1.29, 1.82) is 0 Å². The third kappa shape index (κ3) is 2.75. The molecule has 0 aliphatic heterocycles. The molecule has 0 aliphatic rings. The van der Waals surface area contributed by atoms with Crippen LogP contribution >= 0.6 is 27.5 Å². The number of nitrogens with zero attached hydrogens (tertiary/aromatic N) is 2. The van der Waals surface area contributed by atoms with Crippen molar-refractivity contribution >= 4 is 27.5 Å². The number of aromatic nitrogens is 2. The Labute approximate surface area is 131 Å². The number of halogens is 3. The van der Waals surface area contributed by atoms with E-state index in [1.807, 2.05) is 25.6 Å². The van der Waals surface area contributed by atoms with Gasteiger partial charge in [0.05, 0.1) is 10.7 Å². The summed E-state index contributed by atoms with van der Waals surface area (Å²) < 4.78 is 16.5. The van der Waals surface area contributed by atoms with Gasteiger partial charge in [-0.3, -0.25) is 4.68 Å². The Balaban J connectivity index is 2.33. The summed E-state index contributed by atoms with van der Waals surface area (Å²) in [5, 5.41) is 4.41. The van der Waals surface area contributed by atoms with E-state index in [1.54, 1.807) is 12.1 Å². The highest BCUT2D eigenvalue weighted by molar-refractivity contribution is 9.10. The standard InChI is InChI=1S/C14H16BrClFN3/c1-7-10(8(2)20(3)19-7)6-12(18)9-4-5-11(15)13(16)14(9)17/h4-5,12H,6,18H2,1-3H3. The zero-order valence-electron chi connectivity index (χ0n) is 11.5. The molecule has 20 heavy (non-hydrogen) atoms. The molecule has 1 heterocycles. The van der Waals surface area contributed by atoms with Crippen LogP contribution in [0.2, 0.25) is 5.02 Å². The van der Waals surface area contributed by atoms with Gasteiger partial charge < -0.3 is 5.73 Å². The van der Waals surface area contributed by atoms with Crippen molar-refractivity contribution in [2.24, 2.45) is 12.8 Å². The Hall–Kier alpha value is -0.910. The number of benzene rings is 1. The van der Waals surface area contributed by atoms with Crippen molar-refractivity contribution in [2.75, 3.05) is 0 Å². The predicted molar refractivity (Wildman–Crippen MR) is 82.4 cm³/mol. The van der Waals surface area contributed by atoms with Crippen molar-refractivity contribution < 1.29 is 4.39 Å². The van der Waals surface area contributed by atoms with Gasteiger partial charge in [0, 0.05) is 28.8 Å². The average molecular weight is 361 g/mol. The second-order valence-electron chi connectivity index (χ2n) is 4.85. The van der Waals surface area contributed by atoms with Gasteiger partial charge in [-0.15, -0.1) is 0 Å². The maximum atomic E-state index is 14.2. The highest BCUT2D eigenvalue weighted by atomic mass is 79.9. The smallest absolute Gasteiger partial charge is 0.147 e. The van der Waals surface area contributed by atoms with Crippen molar-refractivity contribution in [3.63, 3.8) is 0 Å². The van der Waals surface area contributed by atoms with Crippen LogP contribution in [0.3, 0.4) is 0 Å². The van der Waals surface area contributed by atoms with Crippen molar-refractivity contribution in [1.82, 2.24) is 9.78 Å². The van der Waals surface area contributed by atoms with Crippen molar-refractivity contribution in [2.45, 2.75) is 26.3 Å². The van der Waals surface area contributed by atoms with E-state index >= 15 is 0 Å². The van der Waals surface area contributed by atoms with Crippen molar-refractivity contribution in [3.05, 3.63) is 50.0 Å². The third-order valence-corrected chi connectivity index (χ3v) is 4.81. The van der Waals surface area contributed by atoms with Gasteiger partial charge >= 0.3 is 0 Å². The van der Waals surface area contributed by atoms with E-state index in [1.165, 1.54) is 0 Å². The Bertz CT molecular complexity index is 654. The topological polar surface area (TPSA) is 43.8 Å². The maximum Gasteiger partial charge on any atom is 0.147 e. The van der Waals surface area contributed by atoms with E-state index in [-0.39, 0.29) is 5.02 Å². The summed E-state index contributed by atoms with van der Waals surface area (Å²) >= 11 is 9.10. The predicted octanol–water partition coefficient (Wildman–Crippen LogP) is 3.83. The lowest BCUT2D eigenvalue weighted by Gasteiger charge is -2.14. The van der Waals surface area contributed by atoms with Gasteiger partial charge in [-0.05, 0) is 47.8 Å². The minimum absolute atomic E-state index is 0.0672.